The van der Waals surface area contributed by atoms with Crippen molar-refractivity contribution in [2.45, 2.75) is 324 Å². The largest absolute Gasteiger partial charge is 2.00 e. The zero-order valence-corrected chi connectivity index (χ0v) is 74.7. The standard InChI is InChI=1S/6C11H22O2S.2C4H9.O.2Sn.2H/c6*1-9(2)6-4-3-5-7-10(8-14)11(12)13;2*1-3-4-2;;;;;/h6*9-10,14H,3-8H2,1-2H3,(H,12,13);2*1,3-4H2,2H3;;;;;/q;;;;;;;;-2;2*+2;;/p-6. The minimum Gasteiger partial charge on any atom is -2.00 e. The Labute approximate surface area is 645 Å². The van der Waals surface area contributed by atoms with Gasteiger partial charge in [-0.3, -0.25) is 0 Å². The number of rotatable bonds is 52. The summed E-state index contributed by atoms with van der Waals surface area (Å²) in [6.45, 7) is 30.9. The first-order chi connectivity index (χ1) is 44.3. The molecule has 95 heavy (non-hydrogen) atoms. The fourth-order valence-electron chi connectivity index (χ4n) is 8.83. The third-order valence-electron chi connectivity index (χ3n) is 15.4. The van der Waals surface area contributed by atoms with Gasteiger partial charge >= 0.3 is 93.5 Å². The maximum atomic E-state index is 10.5. The number of thiol groups is 6. The fourth-order valence-corrected chi connectivity index (χ4v) is 13.2. The van der Waals surface area contributed by atoms with Crippen molar-refractivity contribution >= 4 is 157 Å². The summed E-state index contributed by atoms with van der Waals surface area (Å²) in [4.78, 5) is 63.3. The molecule has 0 bridgehead atoms. The summed E-state index contributed by atoms with van der Waals surface area (Å²) in [7, 11) is 0. The van der Waals surface area contributed by atoms with Crippen molar-refractivity contribution in [2.24, 2.45) is 71.0 Å². The summed E-state index contributed by atoms with van der Waals surface area (Å²) in [5.41, 5.74) is 0. The summed E-state index contributed by atoms with van der Waals surface area (Å²) in [5.74, 6) is -1.06. The van der Waals surface area contributed by atoms with E-state index in [2.05, 4.69) is 173 Å². The Morgan fingerprint density at radius 1 is 0.242 bits per heavy atom. The Hall–Kier alpha value is 0.477. The average Bonchev–Trinajstić information content (AvgIpc) is 3.23. The van der Waals surface area contributed by atoms with Crippen molar-refractivity contribution < 1.29 is 64.9 Å². The molecule has 0 fully saturated rings. The van der Waals surface area contributed by atoms with Crippen molar-refractivity contribution in [1.29, 1.82) is 0 Å². The first-order valence-electron chi connectivity index (χ1n) is 36.6. The van der Waals surface area contributed by atoms with Crippen molar-refractivity contribution in [3.8, 4) is 0 Å². The molecule has 0 aromatic heterocycles. The molecule has 0 aliphatic rings. The number of aliphatic carboxylic acids is 6. The van der Waals surface area contributed by atoms with E-state index in [4.69, 9.17) is 0 Å². The van der Waals surface area contributed by atoms with Gasteiger partial charge < -0.3 is 64.9 Å². The molecule has 6 unspecified atom stereocenters. The average molecular weight is 1670 g/mol. The Morgan fingerprint density at radius 2 is 0.358 bits per heavy atom. The van der Waals surface area contributed by atoms with Crippen LogP contribution in [0.15, 0.2) is 0 Å². The molecule has 0 aliphatic heterocycles. The number of carboxylic acid groups (broad SMARTS) is 6. The van der Waals surface area contributed by atoms with Gasteiger partial charge in [-0.1, -0.05) is 237 Å². The summed E-state index contributed by atoms with van der Waals surface area (Å²) >= 11 is 26.9. The minimum absolute atomic E-state index is 0. The van der Waals surface area contributed by atoms with Crippen molar-refractivity contribution in [3.63, 3.8) is 0 Å². The van der Waals surface area contributed by atoms with Crippen LogP contribution in [0.4, 0.5) is 0 Å². The molecule has 0 aliphatic carbocycles. The van der Waals surface area contributed by atoms with Crippen LogP contribution in [0.1, 0.15) is 315 Å². The molecular weight excluding hydrogens is 1530 g/mol. The van der Waals surface area contributed by atoms with Crippen LogP contribution < -0.4 is 30.6 Å². The third kappa shape index (κ3) is 103. The van der Waals surface area contributed by atoms with Crippen LogP contribution in [0.2, 0.25) is 8.87 Å². The molecule has 0 spiro atoms. The van der Waals surface area contributed by atoms with Gasteiger partial charge in [-0.25, -0.2) is 0 Å². The van der Waals surface area contributed by atoms with E-state index in [1.165, 1.54) is 157 Å². The number of hydrogen-bond donors (Lipinski definition) is 6. The zero-order chi connectivity index (χ0) is 74.1. The van der Waals surface area contributed by atoms with Gasteiger partial charge in [0, 0.05) is 71.3 Å². The van der Waals surface area contributed by atoms with Crippen LogP contribution in [0, 0.1) is 71.0 Å². The number of carboxylic acids is 6. The number of carbonyl (C=O) groups excluding carboxylic acids is 6. The van der Waals surface area contributed by atoms with Gasteiger partial charge in [0.1, 0.15) is 0 Å². The molecule has 13 nitrogen and oxygen atoms in total. The first-order valence-corrected chi connectivity index (χ1v) is 45.0. The number of carbonyl (C=O) groups is 6. The first kappa shape index (κ1) is 114. The Kier molecular flexibility index (Phi) is 106. The van der Waals surface area contributed by atoms with Gasteiger partial charge in [0.25, 0.3) is 0 Å². The third-order valence-corrected chi connectivity index (χ3v) is 20.4. The summed E-state index contributed by atoms with van der Waals surface area (Å²) in [6, 6.07) is 0. The van der Waals surface area contributed by atoms with E-state index < -0.39 is 35.8 Å². The molecule has 0 heterocycles. The SMILES string of the molecule is CC(C)CCCCCC(CS)C(=O)[O-].CC(C)CCCCCC(CS)C(=O)[O-].CC(C)CCCCCC(CS)C(=O)[O-].CC(C)CCCCCC(CS)C(=O)[O-].CC(C)CCCCCC(CS)C(=O)[O-].CC(C)CCCCCC(CS)C(=O)[O-].CCC[CH2][SnH+2].CCC[CH2][SnH+2].[O-2]. The molecule has 0 amide bonds. The normalized spacial score (nSPS) is 12.5. The van der Waals surface area contributed by atoms with E-state index in [0.717, 1.165) is 113 Å². The number of unbranched alkanes of at least 4 members (excludes halogenated alkanes) is 14. The Morgan fingerprint density at radius 3 is 0.421 bits per heavy atom. The smallest absolute Gasteiger partial charge is 2.00 e. The molecule has 0 aromatic rings. The van der Waals surface area contributed by atoms with Gasteiger partial charge in [-0.2, -0.15) is 75.8 Å². The Balaban J connectivity index is -0.000000129. The number of hydrogen-bond acceptors (Lipinski definition) is 18. The van der Waals surface area contributed by atoms with Crippen LogP contribution in [0.5, 0.6) is 0 Å². The van der Waals surface area contributed by atoms with E-state index in [1.807, 2.05) is 0 Å². The van der Waals surface area contributed by atoms with Crippen LogP contribution >= 0.6 is 75.8 Å². The molecular formula is C74H146O13S6Sn2-4. The summed E-state index contributed by atoms with van der Waals surface area (Å²) in [6.07, 6.45) is 37.1. The van der Waals surface area contributed by atoms with Crippen LogP contribution in [0.3, 0.4) is 0 Å². The molecule has 0 aromatic carbocycles. The predicted octanol–water partition coefficient (Wildman–Crippen LogP) is 13.4. The Bertz CT molecular complexity index is 1330. The second kappa shape index (κ2) is 88.7. The van der Waals surface area contributed by atoms with E-state index in [0.29, 0.717) is 73.0 Å². The van der Waals surface area contributed by atoms with Crippen molar-refractivity contribution in [2.75, 3.05) is 34.5 Å². The molecule has 21 heteroatoms. The van der Waals surface area contributed by atoms with Crippen molar-refractivity contribution in [1.82, 2.24) is 0 Å². The monoisotopic (exact) mass is 1670 g/mol. The van der Waals surface area contributed by atoms with Gasteiger partial charge in [0.05, 0.1) is 0 Å². The topological polar surface area (TPSA) is 269 Å². The predicted molar refractivity (Wildman–Crippen MR) is 416 cm³/mol. The van der Waals surface area contributed by atoms with Crippen LogP contribution in [-0.2, 0) is 34.2 Å². The van der Waals surface area contributed by atoms with Gasteiger partial charge in [0.2, 0.25) is 0 Å². The van der Waals surface area contributed by atoms with Crippen molar-refractivity contribution in [3.05, 3.63) is 0 Å². The van der Waals surface area contributed by atoms with E-state index in [-0.39, 0.29) is 41.0 Å². The van der Waals surface area contributed by atoms with Gasteiger partial charge in [-0.05, 0) is 109 Å². The maximum absolute atomic E-state index is 10.5. The zero-order valence-electron chi connectivity index (χ0n) is 62.8. The molecule has 568 valence electrons. The molecule has 0 rings (SSSR count). The minimum atomic E-state index is -0.955. The molecule has 6 atom stereocenters. The van der Waals surface area contributed by atoms with Gasteiger partial charge in [0.15, 0.2) is 0 Å². The molecule has 0 saturated heterocycles. The van der Waals surface area contributed by atoms with E-state index in [1.54, 1.807) is 0 Å². The van der Waals surface area contributed by atoms with Gasteiger partial charge in [-0.15, -0.1) is 0 Å². The van der Waals surface area contributed by atoms with E-state index >= 15 is 0 Å². The van der Waals surface area contributed by atoms with Crippen LogP contribution in [-0.4, -0.2) is 115 Å². The second-order valence-corrected chi connectivity index (χ2v) is 33.2. The quantitative estimate of drug-likeness (QED) is 0.0189. The summed E-state index contributed by atoms with van der Waals surface area (Å²) in [5, 5.41) is 63.3. The maximum Gasteiger partial charge on any atom is -2.00 e. The molecule has 0 radical (unpaired) electrons. The van der Waals surface area contributed by atoms with E-state index in [9.17, 15) is 59.4 Å². The van der Waals surface area contributed by atoms with Crippen LogP contribution in [0.25, 0.3) is 0 Å². The molecule has 0 saturated carbocycles. The fraction of sp³-hybridized carbons (Fsp3) is 0.919. The summed E-state index contributed by atoms with van der Waals surface area (Å²) < 4.78 is 2.95. The molecule has 0 N–H and O–H groups in total. The second-order valence-electron chi connectivity index (χ2n) is 27.7.